The molecule has 2 bridgehead atoms. The van der Waals surface area contributed by atoms with Crippen LogP contribution in [0.5, 0.6) is 0 Å². The van der Waals surface area contributed by atoms with E-state index in [1.165, 1.54) is 18.3 Å². The fourth-order valence-corrected chi connectivity index (χ4v) is 4.64. The molecule has 1 saturated carbocycles. The van der Waals surface area contributed by atoms with Crippen molar-refractivity contribution in [3.63, 3.8) is 0 Å². The van der Waals surface area contributed by atoms with Gasteiger partial charge in [-0.1, -0.05) is 24.3 Å². The van der Waals surface area contributed by atoms with Crippen LogP contribution >= 0.6 is 0 Å². The molecule has 2 heterocycles. The fraction of sp³-hybridized carbons (Fsp3) is 0.286. The van der Waals surface area contributed by atoms with Crippen LogP contribution in [0.4, 0.5) is 5.69 Å². The van der Waals surface area contributed by atoms with Crippen molar-refractivity contribution in [3.05, 3.63) is 64.4 Å². The van der Waals surface area contributed by atoms with E-state index in [9.17, 15) is 19.7 Å². The zero-order valence-electron chi connectivity index (χ0n) is 15.3. The zero-order chi connectivity index (χ0) is 20.1. The Kier molecular flexibility index (Phi) is 3.94. The van der Waals surface area contributed by atoms with Crippen molar-refractivity contribution in [1.29, 1.82) is 0 Å². The topological polar surface area (TPSA) is 106 Å². The van der Waals surface area contributed by atoms with E-state index in [0.29, 0.717) is 17.1 Å². The molecule has 29 heavy (non-hydrogen) atoms. The number of carbonyl (C=O) groups excluding carboxylic acids is 2. The van der Waals surface area contributed by atoms with E-state index in [1.807, 2.05) is 0 Å². The highest BCUT2D eigenvalue weighted by Crippen LogP contribution is 2.49. The molecule has 0 spiro atoms. The van der Waals surface area contributed by atoms with Gasteiger partial charge in [0.2, 0.25) is 0 Å². The lowest BCUT2D eigenvalue weighted by Crippen LogP contribution is -2.38. The maximum Gasteiger partial charge on any atom is 0.270 e. The van der Waals surface area contributed by atoms with Gasteiger partial charge in [-0.05, 0) is 36.8 Å². The lowest BCUT2D eigenvalue weighted by atomic mass is 9.63. The first-order valence-corrected chi connectivity index (χ1v) is 9.48. The standard InChI is InChI=1S/C21H17N3O5/c25-20-18-12-4-5-13(7-6-12)19(18)21(26)23(20)22-11-16-8-9-17(29-16)14-2-1-3-15(10-14)24(27)28/h1-5,8-13,18-19H,6-7H2/b22-11-/t12-,13-,18-,19+/m0/s1. The molecule has 4 atom stereocenters. The Morgan fingerprint density at radius 1 is 1.07 bits per heavy atom. The smallest absolute Gasteiger partial charge is 0.270 e. The van der Waals surface area contributed by atoms with Crippen molar-refractivity contribution in [3.8, 4) is 11.3 Å². The summed E-state index contributed by atoms with van der Waals surface area (Å²) in [5.41, 5.74) is 0.522. The van der Waals surface area contributed by atoms with Gasteiger partial charge in [-0.3, -0.25) is 19.7 Å². The molecular weight excluding hydrogens is 374 g/mol. The Hall–Kier alpha value is -3.55. The number of fused-ring (bicyclic) bond motifs is 1. The van der Waals surface area contributed by atoms with Crippen molar-refractivity contribution in [2.75, 3.05) is 0 Å². The van der Waals surface area contributed by atoms with Gasteiger partial charge in [0.05, 0.1) is 23.0 Å². The van der Waals surface area contributed by atoms with Gasteiger partial charge in [0.25, 0.3) is 17.5 Å². The highest BCUT2D eigenvalue weighted by atomic mass is 16.6. The molecule has 1 aliphatic heterocycles. The lowest BCUT2D eigenvalue weighted by molar-refractivity contribution is -0.384. The highest BCUT2D eigenvalue weighted by Gasteiger charge is 2.56. The number of imide groups is 1. The zero-order valence-corrected chi connectivity index (χ0v) is 15.3. The molecule has 8 heteroatoms. The van der Waals surface area contributed by atoms with E-state index in [0.717, 1.165) is 17.9 Å². The summed E-state index contributed by atoms with van der Waals surface area (Å²) in [6, 6.07) is 9.41. The van der Waals surface area contributed by atoms with Crippen LogP contribution in [0.1, 0.15) is 18.6 Å². The van der Waals surface area contributed by atoms with Gasteiger partial charge in [-0.25, -0.2) is 0 Å². The molecule has 146 valence electrons. The summed E-state index contributed by atoms with van der Waals surface area (Å²) in [5, 5.41) is 16.0. The molecule has 8 nitrogen and oxygen atoms in total. The van der Waals surface area contributed by atoms with Crippen LogP contribution in [-0.4, -0.2) is 28.0 Å². The van der Waals surface area contributed by atoms with Crippen molar-refractivity contribution in [2.24, 2.45) is 28.8 Å². The minimum absolute atomic E-state index is 0.0341. The molecule has 6 rings (SSSR count). The van der Waals surface area contributed by atoms with Crippen LogP contribution in [0, 0.1) is 33.8 Å². The number of nitrogens with zero attached hydrogens (tertiary/aromatic N) is 3. The minimum Gasteiger partial charge on any atom is -0.455 e. The summed E-state index contributed by atoms with van der Waals surface area (Å²) >= 11 is 0. The second kappa shape index (κ2) is 6.51. The number of carbonyl (C=O) groups is 2. The van der Waals surface area contributed by atoms with Crippen molar-refractivity contribution < 1.29 is 18.9 Å². The number of hydrogen-bond acceptors (Lipinski definition) is 6. The number of benzene rings is 1. The third-order valence-electron chi connectivity index (χ3n) is 6.00. The molecule has 0 N–H and O–H groups in total. The highest BCUT2D eigenvalue weighted by molar-refractivity contribution is 6.06. The van der Waals surface area contributed by atoms with Gasteiger partial charge >= 0.3 is 0 Å². The summed E-state index contributed by atoms with van der Waals surface area (Å²) < 4.78 is 5.67. The van der Waals surface area contributed by atoms with Crippen LogP contribution in [-0.2, 0) is 9.59 Å². The molecule has 1 aromatic heterocycles. The van der Waals surface area contributed by atoms with Crippen LogP contribution in [0.2, 0.25) is 0 Å². The minimum atomic E-state index is -0.471. The van der Waals surface area contributed by atoms with Gasteiger partial charge in [0, 0.05) is 17.7 Å². The predicted molar refractivity (Wildman–Crippen MR) is 103 cm³/mol. The average molecular weight is 391 g/mol. The number of allylic oxidation sites excluding steroid dienone is 2. The summed E-state index contributed by atoms with van der Waals surface area (Å²) in [4.78, 5) is 36.0. The molecule has 3 aliphatic carbocycles. The largest absolute Gasteiger partial charge is 0.455 e. The van der Waals surface area contributed by atoms with Crippen LogP contribution in [0.15, 0.2) is 58.1 Å². The van der Waals surface area contributed by atoms with Crippen LogP contribution < -0.4 is 0 Å². The number of hydrogen-bond donors (Lipinski definition) is 0. The number of non-ortho nitro benzene ring substituents is 1. The number of amides is 2. The van der Waals surface area contributed by atoms with E-state index >= 15 is 0 Å². The summed E-state index contributed by atoms with van der Waals surface area (Å²) in [6.07, 6.45) is 7.33. The number of rotatable bonds is 4. The molecule has 4 aliphatic rings. The quantitative estimate of drug-likeness (QED) is 0.261. The Morgan fingerprint density at radius 2 is 1.76 bits per heavy atom. The maximum atomic E-state index is 12.8. The van der Waals surface area contributed by atoms with E-state index < -0.39 is 4.92 Å². The first kappa shape index (κ1) is 17.5. The van der Waals surface area contributed by atoms with Crippen LogP contribution in [0.3, 0.4) is 0 Å². The van der Waals surface area contributed by atoms with Gasteiger partial charge in [-0.2, -0.15) is 10.1 Å². The second-order valence-corrected chi connectivity index (χ2v) is 7.58. The Bertz CT molecular complexity index is 1050. The molecule has 0 unspecified atom stereocenters. The molecule has 2 aromatic rings. The van der Waals surface area contributed by atoms with Crippen molar-refractivity contribution >= 4 is 23.7 Å². The molecule has 1 aromatic carbocycles. The summed E-state index contributed by atoms with van der Waals surface area (Å²) in [7, 11) is 0. The van der Waals surface area contributed by atoms with Crippen LogP contribution in [0.25, 0.3) is 11.3 Å². The Balaban J connectivity index is 1.37. The summed E-state index contributed by atoms with van der Waals surface area (Å²) in [6.45, 7) is 0. The number of hydrazone groups is 1. The molecule has 0 radical (unpaired) electrons. The third-order valence-corrected chi connectivity index (χ3v) is 6.00. The van der Waals surface area contributed by atoms with E-state index in [2.05, 4.69) is 17.3 Å². The average Bonchev–Trinajstić information content (AvgIpc) is 3.32. The Morgan fingerprint density at radius 3 is 2.38 bits per heavy atom. The lowest BCUT2D eigenvalue weighted by Gasteiger charge is -2.37. The van der Waals surface area contributed by atoms with Gasteiger partial charge in [-0.15, -0.1) is 0 Å². The maximum absolute atomic E-state index is 12.8. The first-order valence-electron chi connectivity index (χ1n) is 9.48. The fourth-order valence-electron chi connectivity index (χ4n) is 4.64. The van der Waals surface area contributed by atoms with Crippen molar-refractivity contribution in [2.45, 2.75) is 12.8 Å². The van der Waals surface area contributed by atoms with E-state index in [-0.39, 0.29) is 41.2 Å². The first-order chi connectivity index (χ1) is 14.0. The monoisotopic (exact) mass is 391 g/mol. The predicted octanol–water partition coefficient (Wildman–Crippen LogP) is 3.39. The second-order valence-electron chi connectivity index (χ2n) is 7.58. The number of nitro groups is 1. The van der Waals surface area contributed by atoms with Gasteiger partial charge in [0.15, 0.2) is 0 Å². The van der Waals surface area contributed by atoms with Gasteiger partial charge in [0.1, 0.15) is 11.5 Å². The number of furan rings is 1. The van der Waals surface area contributed by atoms with Gasteiger partial charge < -0.3 is 4.42 Å². The molecule has 2 fully saturated rings. The molecule has 1 saturated heterocycles. The van der Waals surface area contributed by atoms with E-state index in [1.54, 1.807) is 24.3 Å². The molecular formula is C21H17N3O5. The van der Waals surface area contributed by atoms with Crippen molar-refractivity contribution in [1.82, 2.24) is 5.01 Å². The Labute approximate surface area is 165 Å². The van der Waals surface area contributed by atoms with E-state index in [4.69, 9.17) is 4.42 Å². The SMILES string of the molecule is O=C1[C@@H]2[C@H](C(=O)N1/N=C\c1ccc(-c3cccc([N+](=O)[O-])c3)o1)[C@H]1C=C[C@H]2CC1. The third kappa shape index (κ3) is 2.79. The molecule has 2 amide bonds. The number of nitro benzene ring substituents is 1. The normalized spacial score (nSPS) is 27.8. The summed E-state index contributed by atoms with van der Waals surface area (Å²) in [5.74, 6) is -0.0907.